The highest BCUT2D eigenvalue weighted by Gasteiger charge is 2.25. The highest BCUT2D eigenvalue weighted by atomic mass is 16.6. The van der Waals surface area contributed by atoms with E-state index in [4.69, 9.17) is 9.47 Å². The van der Waals surface area contributed by atoms with Crippen molar-refractivity contribution in [3.05, 3.63) is 33.5 Å². The van der Waals surface area contributed by atoms with Crippen molar-refractivity contribution in [3.8, 4) is 11.5 Å². The normalized spacial score (nSPS) is 15.6. The first-order valence-corrected chi connectivity index (χ1v) is 5.70. The third kappa shape index (κ3) is 2.76. The number of amides is 3. The second-order valence-electron chi connectivity index (χ2n) is 3.99. The summed E-state index contributed by atoms with van der Waals surface area (Å²) < 4.78 is 10.0. The van der Waals surface area contributed by atoms with Crippen molar-refractivity contribution in [1.82, 2.24) is 10.6 Å². The van der Waals surface area contributed by atoms with Gasteiger partial charge < -0.3 is 14.8 Å². The van der Waals surface area contributed by atoms with E-state index >= 15 is 0 Å². The number of ether oxygens (including phenoxy) is 2. The number of nitrogens with one attached hydrogen (secondary N) is 2. The Morgan fingerprint density at radius 2 is 1.81 bits per heavy atom. The molecule has 21 heavy (non-hydrogen) atoms. The topological polar surface area (TPSA) is 120 Å². The van der Waals surface area contributed by atoms with Crippen LogP contribution in [0.5, 0.6) is 11.5 Å². The molecular weight excluding hydrogens is 282 g/mol. The lowest BCUT2D eigenvalue weighted by Gasteiger charge is -2.08. The van der Waals surface area contributed by atoms with Crippen molar-refractivity contribution in [3.63, 3.8) is 0 Å². The van der Waals surface area contributed by atoms with Gasteiger partial charge in [0, 0.05) is 17.7 Å². The average Bonchev–Trinajstić information content (AvgIpc) is 2.76. The Labute approximate surface area is 118 Å². The number of imide groups is 1. The molecule has 1 aromatic carbocycles. The number of methoxy groups -OCH3 is 2. The monoisotopic (exact) mass is 293 g/mol. The molecule has 2 rings (SSSR count). The first-order valence-electron chi connectivity index (χ1n) is 5.70. The molecule has 110 valence electrons. The Kier molecular flexibility index (Phi) is 3.74. The number of carbonyl (C=O) groups excluding carboxylic acids is 2. The molecule has 0 aromatic heterocycles. The van der Waals surface area contributed by atoms with Gasteiger partial charge in [0.25, 0.3) is 5.91 Å². The zero-order chi connectivity index (χ0) is 15.6. The van der Waals surface area contributed by atoms with Crippen molar-refractivity contribution in [1.29, 1.82) is 0 Å². The first kappa shape index (κ1) is 14.3. The number of rotatable bonds is 4. The fourth-order valence-corrected chi connectivity index (χ4v) is 1.80. The van der Waals surface area contributed by atoms with Gasteiger partial charge in [0.2, 0.25) is 5.75 Å². The van der Waals surface area contributed by atoms with Crippen LogP contribution in [0.15, 0.2) is 17.8 Å². The number of hydrogen-bond acceptors (Lipinski definition) is 6. The number of nitro benzene ring substituents is 1. The van der Waals surface area contributed by atoms with Crippen molar-refractivity contribution < 1.29 is 24.0 Å². The van der Waals surface area contributed by atoms with Crippen LogP contribution in [0, 0.1) is 10.1 Å². The number of benzene rings is 1. The van der Waals surface area contributed by atoms with E-state index in [1.165, 1.54) is 32.4 Å². The molecule has 0 spiro atoms. The number of nitro groups is 1. The van der Waals surface area contributed by atoms with Crippen molar-refractivity contribution in [2.45, 2.75) is 0 Å². The maximum Gasteiger partial charge on any atom is 0.326 e. The molecule has 1 aliphatic rings. The van der Waals surface area contributed by atoms with E-state index in [2.05, 4.69) is 5.32 Å². The maximum atomic E-state index is 11.5. The van der Waals surface area contributed by atoms with Crippen LogP contribution in [-0.2, 0) is 4.79 Å². The summed E-state index contributed by atoms with van der Waals surface area (Å²) in [5, 5.41) is 15.3. The summed E-state index contributed by atoms with van der Waals surface area (Å²) in [6, 6.07) is 1.87. The molecule has 0 atom stereocenters. The number of urea groups is 1. The predicted molar refractivity (Wildman–Crippen MR) is 70.9 cm³/mol. The van der Waals surface area contributed by atoms with E-state index < -0.39 is 16.9 Å². The second-order valence-corrected chi connectivity index (χ2v) is 3.99. The van der Waals surface area contributed by atoms with Crippen LogP contribution in [0.4, 0.5) is 10.5 Å². The molecule has 1 heterocycles. The molecule has 0 aliphatic carbocycles. The standard InChI is InChI=1S/C12H11N3O6/c1-20-9-5-10(21-2)8(15(18)19)4-6(9)3-7-11(16)14-12(17)13-7/h3-5H,1-2H3,(H2,13,14,16,17)/b7-3+. The lowest BCUT2D eigenvalue weighted by Crippen LogP contribution is -2.22. The van der Waals surface area contributed by atoms with E-state index in [0.29, 0.717) is 0 Å². The summed E-state index contributed by atoms with van der Waals surface area (Å²) in [6.45, 7) is 0. The fraction of sp³-hybridized carbons (Fsp3) is 0.167. The summed E-state index contributed by atoms with van der Waals surface area (Å²) >= 11 is 0. The molecule has 1 saturated heterocycles. The molecule has 0 saturated carbocycles. The van der Waals surface area contributed by atoms with E-state index in [9.17, 15) is 19.7 Å². The molecule has 9 heteroatoms. The Bertz CT molecular complexity index is 667. The molecule has 0 bridgehead atoms. The molecule has 1 aliphatic heterocycles. The van der Waals surface area contributed by atoms with Gasteiger partial charge in [0.15, 0.2) is 0 Å². The van der Waals surface area contributed by atoms with Gasteiger partial charge in [-0.05, 0) is 6.08 Å². The van der Waals surface area contributed by atoms with Gasteiger partial charge in [-0.3, -0.25) is 20.2 Å². The van der Waals surface area contributed by atoms with Crippen LogP contribution in [0.3, 0.4) is 0 Å². The minimum absolute atomic E-state index is 0.0268. The van der Waals surface area contributed by atoms with E-state index in [0.717, 1.165) is 0 Å². The van der Waals surface area contributed by atoms with Crippen LogP contribution in [0.2, 0.25) is 0 Å². The van der Waals surface area contributed by atoms with Crippen LogP contribution < -0.4 is 20.1 Å². The van der Waals surface area contributed by atoms with E-state index in [1.807, 2.05) is 5.32 Å². The van der Waals surface area contributed by atoms with E-state index in [1.54, 1.807) is 0 Å². The van der Waals surface area contributed by atoms with Crippen LogP contribution in [0.1, 0.15) is 5.56 Å². The third-order valence-electron chi connectivity index (χ3n) is 2.75. The van der Waals surface area contributed by atoms with Crippen LogP contribution in [-0.4, -0.2) is 31.1 Å². The summed E-state index contributed by atoms with van der Waals surface area (Å²) in [4.78, 5) is 32.9. The fourth-order valence-electron chi connectivity index (χ4n) is 1.80. The first-order chi connectivity index (χ1) is 9.96. The Morgan fingerprint density at radius 3 is 2.29 bits per heavy atom. The van der Waals surface area contributed by atoms with Gasteiger partial charge in [0.05, 0.1) is 19.1 Å². The number of carbonyl (C=O) groups is 2. The molecular formula is C12H11N3O6. The minimum atomic E-state index is -0.659. The summed E-state index contributed by atoms with van der Waals surface area (Å²) in [6.07, 6.45) is 1.28. The lowest BCUT2D eigenvalue weighted by molar-refractivity contribution is -0.385. The lowest BCUT2D eigenvalue weighted by atomic mass is 10.1. The molecule has 1 aromatic rings. The molecule has 0 radical (unpaired) electrons. The minimum Gasteiger partial charge on any atom is -0.496 e. The highest BCUT2D eigenvalue weighted by Crippen LogP contribution is 2.35. The van der Waals surface area contributed by atoms with E-state index in [-0.39, 0.29) is 28.4 Å². The van der Waals surface area contributed by atoms with Gasteiger partial charge in [-0.25, -0.2) is 4.79 Å². The molecule has 0 unspecified atom stereocenters. The molecule has 3 amide bonds. The summed E-state index contributed by atoms with van der Waals surface area (Å²) in [5.41, 5.74) is -0.0509. The van der Waals surface area contributed by atoms with Gasteiger partial charge in [0.1, 0.15) is 11.4 Å². The molecule has 9 nitrogen and oxygen atoms in total. The Hall–Kier alpha value is -3.10. The molecule has 2 N–H and O–H groups in total. The predicted octanol–water partition coefficient (Wildman–Crippen LogP) is 0.792. The van der Waals surface area contributed by atoms with Crippen LogP contribution >= 0.6 is 0 Å². The van der Waals surface area contributed by atoms with Gasteiger partial charge in [-0.15, -0.1) is 0 Å². The zero-order valence-electron chi connectivity index (χ0n) is 11.1. The van der Waals surface area contributed by atoms with Crippen molar-refractivity contribution in [2.24, 2.45) is 0 Å². The average molecular weight is 293 g/mol. The number of nitrogens with zero attached hydrogens (tertiary/aromatic N) is 1. The Balaban J connectivity index is 2.55. The van der Waals surface area contributed by atoms with Gasteiger partial charge in [-0.2, -0.15) is 0 Å². The number of hydrogen-bond donors (Lipinski definition) is 2. The quantitative estimate of drug-likeness (QED) is 0.366. The zero-order valence-corrected chi connectivity index (χ0v) is 11.1. The highest BCUT2D eigenvalue weighted by molar-refractivity contribution is 6.14. The van der Waals surface area contributed by atoms with Gasteiger partial charge in [-0.1, -0.05) is 0 Å². The third-order valence-corrected chi connectivity index (χ3v) is 2.75. The van der Waals surface area contributed by atoms with Gasteiger partial charge >= 0.3 is 11.7 Å². The van der Waals surface area contributed by atoms with Crippen molar-refractivity contribution >= 4 is 23.7 Å². The van der Waals surface area contributed by atoms with Crippen molar-refractivity contribution in [2.75, 3.05) is 14.2 Å². The smallest absolute Gasteiger partial charge is 0.326 e. The Morgan fingerprint density at radius 1 is 1.14 bits per heavy atom. The molecule has 1 fully saturated rings. The second kappa shape index (κ2) is 5.49. The SMILES string of the molecule is COc1cc(OC)c([N+](=O)[O-])cc1/C=C1/NC(=O)NC1=O. The largest absolute Gasteiger partial charge is 0.496 e. The van der Waals surface area contributed by atoms with Crippen LogP contribution in [0.25, 0.3) is 6.08 Å². The summed E-state index contributed by atoms with van der Waals surface area (Å²) in [5.74, 6) is -0.335. The maximum absolute atomic E-state index is 11.5. The summed E-state index contributed by atoms with van der Waals surface area (Å²) in [7, 11) is 2.67.